The number of hydrazine groups is 1. The van der Waals surface area contributed by atoms with E-state index >= 15 is 0 Å². The van der Waals surface area contributed by atoms with E-state index in [4.69, 9.17) is 28.3 Å². The Morgan fingerprint density at radius 1 is 1.21 bits per heavy atom. The molecule has 9 heteroatoms. The summed E-state index contributed by atoms with van der Waals surface area (Å²) in [5, 5.41) is 11.7. The van der Waals surface area contributed by atoms with Crippen LogP contribution in [0.3, 0.4) is 0 Å². The fourth-order valence-electron chi connectivity index (χ4n) is 3.79. The Labute approximate surface area is 191 Å². The van der Waals surface area contributed by atoms with Crippen molar-refractivity contribution in [2.75, 3.05) is 18.1 Å². The highest BCUT2D eigenvalue weighted by molar-refractivity contribution is 7.10. The number of nitrogens with one attached hydrogen (secondary N) is 1. The fraction of sp³-hybridized carbons (Fsp3) is 0.400. The number of piperidine rings is 1. The van der Waals surface area contributed by atoms with Crippen molar-refractivity contribution in [1.82, 2.24) is 10.4 Å². The third kappa shape index (κ3) is 4.72. The second-order valence-corrected chi connectivity index (χ2v) is 8.99. The van der Waals surface area contributed by atoms with E-state index < -0.39 is 0 Å². The van der Waals surface area contributed by atoms with Gasteiger partial charge in [0.15, 0.2) is 0 Å². The van der Waals surface area contributed by atoms with E-state index in [1.807, 2.05) is 34.5 Å². The molecule has 1 N–H and O–H groups in total. The zero-order chi connectivity index (χ0) is 19.7. The lowest BCUT2D eigenvalue weighted by Gasteiger charge is -2.27. The average Bonchev–Trinajstić information content (AvgIpc) is 3.30. The molecule has 0 unspecified atom stereocenters. The molecule has 1 amide bonds. The molecule has 0 spiro atoms. The van der Waals surface area contributed by atoms with E-state index in [1.54, 1.807) is 23.5 Å². The number of nitrogens with zero attached hydrogens (tertiary/aromatic N) is 3. The highest BCUT2D eigenvalue weighted by atomic mass is 35.5. The van der Waals surface area contributed by atoms with Gasteiger partial charge in [-0.25, -0.2) is 5.01 Å². The minimum absolute atomic E-state index is 0. The van der Waals surface area contributed by atoms with Crippen LogP contribution in [0, 0.1) is 5.92 Å². The van der Waals surface area contributed by atoms with Crippen LogP contribution in [0.5, 0.6) is 0 Å². The summed E-state index contributed by atoms with van der Waals surface area (Å²) < 4.78 is 0. The van der Waals surface area contributed by atoms with Crippen LogP contribution in [-0.2, 0) is 4.79 Å². The average molecular weight is 474 g/mol. The van der Waals surface area contributed by atoms with Crippen LogP contribution in [-0.4, -0.2) is 29.7 Å². The van der Waals surface area contributed by atoms with Crippen molar-refractivity contribution < 1.29 is 4.79 Å². The maximum absolute atomic E-state index is 13.0. The molecule has 29 heavy (non-hydrogen) atoms. The highest BCUT2D eigenvalue weighted by Gasteiger charge is 2.40. The van der Waals surface area contributed by atoms with Crippen LogP contribution in [0.2, 0.25) is 10.0 Å². The second-order valence-electron chi connectivity index (χ2n) is 7.16. The van der Waals surface area contributed by atoms with Crippen molar-refractivity contribution >= 4 is 64.3 Å². The Kier molecular flexibility index (Phi) is 7.46. The van der Waals surface area contributed by atoms with Crippen LogP contribution in [0.1, 0.15) is 37.1 Å². The molecule has 0 radical (unpaired) electrons. The van der Waals surface area contributed by atoms with Gasteiger partial charge in [-0.1, -0.05) is 42.6 Å². The van der Waals surface area contributed by atoms with Gasteiger partial charge in [-0.05, 0) is 42.5 Å². The number of hydrazone groups is 1. The number of thiophene rings is 1. The SMILES string of the molecule is C[C@H]1C(C(=O)NN2CCCCC2)=NN(c2ccc(Cl)cc2Cl)[C@H]1c1cccs1.Cl. The van der Waals surface area contributed by atoms with Gasteiger partial charge in [0.1, 0.15) is 5.71 Å². The summed E-state index contributed by atoms with van der Waals surface area (Å²) in [7, 11) is 0. The molecule has 3 heterocycles. The maximum Gasteiger partial charge on any atom is 0.282 e. The number of hydrogen-bond donors (Lipinski definition) is 1. The molecule has 1 aromatic heterocycles. The van der Waals surface area contributed by atoms with Gasteiger partial charge >= 0.3 is 0 Å². The zero-order valence-electron chi connectivity index (χ0n) is 16.0. The summed E-state index contributed by atoms with van der Waals surface area (Å²) in [5.41, 5.74) is 4.31. The predicted octanol–water partition coefficient (Wildman–Crippen LogP) is 5.55. The topological polar surface area (TPSA) is 47.9 Å². The van der Waals surface area contributed by atoms with Crippen molar-refractivity contribution in [3.05, 3.63) is 50.6 Å². The number of amides is 1. The zero-order valence-corrected chi connectivity index (χ0v) is 19.1. The molecule has 5 nitrogen and oxygen atoms in total. The van der Waals surface area contributed by atoms with Gasteiger partial charge in [0.2, 0.25) is 0 Å². The van der Waals surface area contributed by atoms with Crippen LogP contribution in [0.15, 0.2) is 40.8 Å². The number of anilines is 1. The summed E-state index contributed by atoms with van der Waals surface area (Å²) in [6.45, 7) is 3.81. The summed E-state index contributed by atoms with van der Waals surface area (Å²) in [6.07, 6.45) is 3.42. The first kappa shape index (κ1) is 22.4. The highest BCUT2D eigenvalue weighted by Crippen LogP contribution is 2.43. The molecule has 4 rings (SSSR count). The lowest BCUT2D eigenvalue weighted by molar-refractivity contribution is -0.120. The molecule has 1 fully saturated rings. The number of rotatable bonds is 4. The number of carbonyl (C=O) groups excluding carboxylic acids is 1. The fourth-order valence-corrected chi connectivity index (χ4v) is 5.20. The minimum atomic E-state index is -0.136. The van der Waals surface area contributed by atoms with Crippen LogP contribution < -0.4 is 10.4 Å². The van der Waals surface area contributed by atoms with Crippen molar-refractivity contribution in [3.8, 4) is 0 Å². The smallest absolute Gasteiger partial charge is 0.282 e. The number of halogens is 3. The van der Waals surface area contributed by atoms with Gasteiger partial charge in [0.05, 0.1) is 16.8 Å². The molecular weight excluding hydrogens is 451 g/mol. The second kappa shape index (κ2) is 9.67. The Hall–Kier alpha value is -1.31. The molecule has 1 aromatic carbocycles. The molecule has 2 aromatic rings. The van der Waals surface area contributed by atoms with Crippen molar-refractivity contribution in [2.24, 2.45) is 11.0 Å². The maximum atomic E-state index is 13.0. The predicted molar refractivity (Wildman–Crippen MR) is 123 cm³/mol. The molecule has 0 saturated carbocycles. The third-order valence-corrected chi connectivity index (χ3v) is 6.70. The summed E-state index contributed by atoms with van der Waals surface area (Å²) in [4.78, 5) is 14.1. The van der Waals surface area contributed by atoms with Crippen molar-refractivity contribution in [3.63, 3.8) is 0 Å². The van der Waals surface area contributed by atoms with E-state index in [-0.39, 0.29) is 30.3 Å². The monoisotopic (exact) mass is 472 g/mol. The summed E-state index contributed by atoms with van der Waals surface area (Å²) in [5.74, 6) is -0.210. The van der Waals surface area contributed by atoms with Gasteiger partial charge in [0, 0.05) is 28.9 Å². The van der Waals surface area contributed by atoms with Gasteiger partial charge in [0.25, 0.3) is 5.91 Å². The van der Waals surface area contributed by atoms with Crippen molar-refractivity contribution in [2.45, 2.75) is 32.2 Å². The Bertz CT molecular complexity index is 884. The molecular formula is C20H23Cl3N4OS. The quantitative estimate of drug-likeness (QED) is 0.633. The van der Waals surface area contributed by atoms with Crippen LogP contribution in [0.4, 0.5) is 5.69 Å². The number of hydrogen-bond acceptors (Lipinski definition) is 5. The number of benzene rings is 1. The van der Waals surface area contributed by atoms with E-state index in [1.165, 1.54) is 6.42 Å². The van der Waals surface area contributed by atoms with E-state index in [9.17, 15) is 4.79 Å². The minimum Gasteiger partial charge on any atom is -0.284 e. The molecule has 2 aliphatic rings. The normalized spacial score (nSPS) is 22.2. The molecule has 1 saturated heterocycles. The van der Waals surface area contributed by atoms with E-state index in [0.29, 0.717) is 15.8 Å². The first-order valence-electron chi connectivity index (χ1n) is 9.46. The largest absolute Gasteiger partial charge is 0.284 e. The lowest BCUT2D eigenvalue weighted by Crippen LogP contribution is -2.48. The Morgan fingerprint density at radius 3 is 2.62 bits per heavy atom. The van der Waals surface area contributed by atoms with Crippen molar-refractivity contribution in [1.29, 1.82) is 0 Å². The Balaban J connectivity index is 0.00000240. The number of carbonyl (C=O) groups is 1. The van der Waals surface area contributed by atoms with Gasteiger partial charge in [-0.3, -0.25) is 15.2 Å². The van der Waals surface area contributed by atoms with E-state index in [2.05, 4.69) is 11.5 Å². The lowest BCUT2D eigenvalue weighted by atomic mass is 9.95. The summed E-state index contributed by atoms with van der Waals surface area (Å²) >= 11 is 14.2. The van der Waals surface area contributed by atoms with E-state index in [0.717, 1.165) is 36.5 Å². The third-order valence-electron chi connectivity index (χ3n) is 5.22. The molecule has 2 aliphatic heterocycles. The van der Waals surface area contributed by atoms with Gasteiger partial charge < -0.3 is 0 Å². The standard InChI is InChI=1S/C20H22Cl2N4OS.ClH/c1-13-18(20(27)24-25-9-3-2-4-10-25)23-26(19(13)17-6-5-11-28-17)16-8-7-14(21)12-15(16)22;/h5-8,11-13,19H,2-4,9-10H2,1H3,(H,24,27);1H/t13-,19+;/m0./s1. The van der Waals surface area contributed by atoms with Gasteiger partial charge in [-0.15, -0.1) is 23.7 Å². The molecule has 0 aliphatic carbocycles. The molecule has 156 valence electrons. The molecule has 2 atom stereocenters. The first-order chi connectivity index (χ1) is 13.5. The first-order valence-corrected chi connectivity index (χ1v) is 11.1. The summed E-state index contributed by atoms with van der Waals surface area (Å²) in [6, 6.07) is 9.35. The van der Waals surface area contributed by atoms with Crippen LogP contribution >= 0.6 is 46.9 Å². The Morgan fingerprint density at radius 2 is 1.97 bits per heavy atom. The van der Waals surface area contributed by atoms with Gasteiger partial charge in [-0.2, -0.15) is 5.10 Å². The molecule has 0 bridgehead atoms. The van der Waals surface area contributed by atoms with Crippen LogP contribution in [0.25, 0.3) is 0 Å².